The van der Waals surface area contributed by atoms with Crippen molar-refractivity contribution in [2.24, 2.45) is 16.6 Å². The van der Waals surface area contributed by atoms with E-state index < -0.39 is 0 Å². The van der Waals surface area contributed by atoms with E-state index in [1.165, 1.54) is 11.8 Å². The lowest BCUT2D eigenvalue weighted by Crippen LogP contribution is -2.40. The van der Waals surface area contributed by atoms with Gasteiger partial charge in [-0.1, -0.05) is 48.5 Å². The van der Waals surface area contributed by atoms with Gasteiger partial charge in [-0.15, -0.1) is 0 Å². The molecule has 2 amide bonds. The van der Waals surface area contributed by atoms with Crippen LogP contribution in [0.4, 0.5) is 0 Å². The number of amidine groups is 1. The van der Waals surface area contributed by atoms with Crippen molar-refractivity contribution in [3.05, 3.63) is 82.3 Å². The molecule has 3 heterocycles. The maximum atomic E-state index is 12.7. The monoisotopic (exact) mass is 445 g/mol. The fraction of sp³-hybridized carbons (Fsp3) is 0.240. The Morgan fingerprint density at radius 3 is 2.56 bits per heavy atom. The van der Waals surface area contributed by atoms with Crippen molar-refractivity contribution >= 4 is 34.8 Å². The lowest BCUT2D eigenvalue weighted by Gasteiger charge is -2.31. The van der Waals surface area contributed by atoms with E-state index in [-0.39, 0.29) is 23.8 Å². The average molecular weight is 446 g/mol. The van der Waals surface area contributed by atoms with Gasteiger partial charge in [0.2, 0.25) is 5.91 Å². The fourth-order valence-corrected chi connectivity index (χ4v) is 5.17. The van der Waals surface area contributed by atoms with Crippen LogP contribution in [0.25, 0.3) is 6.08 Å². The maximum Gasteiger partial charge on any atom is 0.286 e. The van der Waals surface area contributed by atoms with Gasteiger partial charge in [0, 0.05) is 24.6 Å². The first kappa shape index (κ1) is 20.6. The first-order valence-corrected chi connectivity index (χ1v) is 11.5. The van der Waals surface area contributed by atoms with Gasteiger partial charge in [0.1, 0.15) is 11.9 Å². The van der Waals surface area contributed by atoms with Crippen LogP contribution in [0.5, 0.6) is 5.75 Å². The number of nitrogens with two attached hydrogens (primary N) is 1. The number of rotatable bonds is 3. The molecule has 6 nitrogen and oxygen atoms in total. The molecule has 32 heavy (non-hydrogen) atoms. The minimum absolute atomic E-state index is 0.0970. The van der Waals surface area contributed by atoms with E-state index in [2.05, 4.69) is 16.0 Å². The summed E-state index contributed by atoms with van der Waals surface area (Å²) < 4.78 is 6.33. The van der Waals surface area contributed by atoms with E-state index in [4.69, 9.17) is 10.5 Å². The number of amides is 2. The summed E-state index contributed by atoms with van der Waals surface area (Å²) in [5.41, 5.74) is 8.35. The van der Waals surface area contributed by atoms with Crippen molar-refractivity contribution in [3.63, 3.8) is 0 Å². The highest BCUT2D eigenvalue weighted by atomic mass is 32.2. The Hall–Kier alpha value is -3.32. The Kier molecular flexibility index (Phi) is 5.57. The molecule has 0 saturated carbocycles. The van der Waals surface area contributed by atoms with Crippen molar-refractivity contribution in [2.45, 2.75) is 18.9 Å². The van der Waals surface area contributed by atoms with E-state index in [0.29, 0.717) is 36.0 Å². The van der Waals surface area contributed by atoms with Gasteiger partial charge in [0.15, 0.2) is 5.17 Å². The molecule has 0 radical (unpaired) electrons. The van der Waals surface area contributed by atoms with Gasteiger partial charge in [-0.2, -0.15) is 4.99 Å². The number of para-hydroxylation sites is 1. The molecule has 0 bridgehead atoms. The third-order valence-corrected chi connectivity index (χ3v) is 7.01. The van der Waals surface area contributed by atoms with E-state index in [9.17, 15) is 9.59 Å². The summed E-state index contributed by atoms with van der Waals surface area (Å²) in [6.45, 7) is 1.34. The molecule has 0 spiro atoms. The Labute approximate surface area is 190 Å². The molecule has 5 rings (SSSR count). The van der Waals surface area contributed by atoms with Crippen LogP contribution in [0, 0.1) is 5.92 Å². The zero-order chi connectivity index (χ0) is 22.1. The van der Waals surface area contributed by atoms with Crippen LogP contribution in [0.3, 0.4) is 0 Å². The molecular formula is C25H23N3O3S. The van der Waals surface area contributed by atoms with Crippen LogP contribution < -0.4 is 10.5 Å². The number of hydrogen-bond donors (Lipinski definition) is 1. The molecule has 3 aliphatic heterocycles. The number of fused-ring (bicyclic) bond motifs is 1. The normalized spacial score (nSPS) is 22.2. The summed E-state index contributed by atoms with van der Waals surface area (Å²) in [5, 5.41) is 0.693. The van der Waals surface area contributed by atoms with Crippen molar-refractivity contribution < 1.29 is 14.3 Å². The zero-order valence-corrected chi connectivity index (χ0v) is 18.3. The minimum atomic E-state index is -0.303. The van der Waals surface area contributed by atoms with Crippen LogP contribution in [0.1, 0.15) is 30.1 Å². The molecule has 1 unspecified atom stereocenters. The molecule has 2 aromatic carbocycles. The molecule has 162 valence electrons. The largest absolute Gasteiger partial charge is 0.480 e. The summed E-state index contributed by atoms with van der Waals surface area (Å²) in [6, 6.07) is 17.9. The summed E-state index contributed by atoms with van der Waals surface area (Å²) in [7, 11) is 0. The highest BCUT2D eigenvalue weighted by Crippen LogP contribution is 2.40. The Morgan fingerprint density at radius 1 is 1.09 bits per heavy atom. The first-order chi connectivity index (χ1) is 15.6. The van der Waals surface area contributed by atoms with Gasteiger partial charge in [0.05, 0.1) is 4.91 Å². The number of primary amides is 1. The SMILES string of the molecule is NC(=O)C1CCN(C2=NC(=O)C(=CC3=Cc4ccccc4OC3c3ccccc3)S2)CC1. The number of thioether (sulfide) groups is 1. The van der Waals surface area contributed by atoms with Gasteiger partial charge < -0.3 is 15.4 Å². The average Bonchev–Trinajstić information content (AvgIpc) is 3.19. The van der Waals surface area contributed by atoms with Gasteiger partial charge in [0.25, 0.3) is 5.91 Å². The molecule has 0 aliphatic carbocycles. The highest BCUT2D eigenvalue weighted by molar-refractivity contribution is 8.18. The maximum absolute atomic E-state index is 12.7. The standard InChI is InChI=1S/C25H23N3O3S/c26-23(29)17-10-12-28(13-11-17)25-27-24(30)21(32-25)15-19-14-18-8-4-5-9-20(18)31-22(19)16-6-2-1-3-7-16/h1-9,14-15,17,22H,10-13H2,(H2,26,29). The third kappa shape index (κ3) is 4.08. The van der Waals surface area contributed by atoms with E-state index in [0.717, 1.165) is 22.4 Å². The van der Waals surface area contributed by atoms with Crippen LogP contribution >= 0.6 is 11.8 Å². The number of aliphatic imine (C=N–C) groups is 1. The molecule has 2 N–H and O–H groups in total. The van der Waals surface area contributed by atoms with Gasteiger partial charge in [-0.05, 0) is 54.0 Å². The Bertz CT molecular complexity index is 1150. The highest BCUT2D eigenvalue weighted by Gasteiger charge is 2.32. The number of benzene rings is 2. The smallest absolute Gasteiger partial charge is 0.286 e. The zero-order valence-electron chi connectivity index (χ0n) is 17.4. The second-order valence-corrected chi connectivity index (χ2v) is 9.07. The lowest BCUT2D eigenvalue weighted by molar-refractivity contribution is -0.123. The summed E-state index contributed by atoms with van der Waals surface area (Å²) >= 11 is 1.38. The lowest BCUT2D eigenvalue weighted by atomic mass is 9.95. The number of carbonyl (C=O) groups is 2. The third-order valence-electron chi connectivity index (χ3n) is 5.97. The van der Waals surface area contributed by atoms with Crippen LogP contribution in [-0.2, 0) is 9.59 Å². The van der Waals surface area contributed by atoms with Crippen LogP contribution in [-0.4, -0.2) is 35.0 Å². The summed E-state index contributed by atoms with van der Waals surface area (Å²) in [5.74, 6) is 0.232. The van der Waals surface area contributed by atoms with Crippen molar-refractivity contribution in [1.29, 1.82) is 0 Å². The van der Waals surface area contributed by atoms with Crippen LogP contribution in [0.15, 0.2) is 76.1 Å². The second kappa shape index (κ2) is 8.67. The molecule has 7 heteroatoms. The fourth-order valence-electron chi connectivity index (χ4n) is 4.20. The van der Waals surface area contributed by atoms with Crippen molar-refractivity contribution in [2.75, 3.05) is 13.1 Å². The Balaban J connectivity index is 1.40. The van der Waals surface area contributed by atoms with E-state index in [1.807, 2.05) is 60.7 Å². The molecule has 1 atom stereocenters. The van der Waals surface area contributed by atoms with E-state index in [1.54, 1.807) is 0 Å². The minimum Gasteiger partial charge on any atom is -0.480 e. The van der Waals surface area contributed by atoms with Crippen molar-refractivity contribution in [1.82, 2.24) is 4.90 Å². The predicted molar refractivity (Wildman–Crippen MR) is 126 cm³/mol. The topological polar surface area (TPSA) is 85.0 Å². The van der Waals surface area contributed by atoms with Crippen LogP contribution in [0.2, 0.25) is 0 Å². The molecule has 3 aliphatic rings. The number of hydrogen-bond acceptors (Lipinski definition) is 5. The number of ether oxygens (including phenoxy) is 1. The first-order valence-electron chi connectivity index (χ1n) is 10.7. The molecule has 0 aromatic heterocycles. The number of likely N-dealkylation sites (tertiary alicyclic amines) is 1. The quantitative estimate of drug-likeness (QED) is 0.724. The van der Waals surface area contributed by atoms with Gasteiger partial charge in [-0.25, -0.2) is 0 Å². The van der Waals surface area contributed by atoms with Gasteiger partial charge in [-0.3, -0.25) is 9.59 Å². The summed E-state index contributed by atoms with van der Waals surface area (Å²) in [6.07, 6.45) is 5.05. The number of nitrogens with zero attached hydrogens (tertiary/aromatic N) is 2. The molecular weight excluding hydrogens is 422 g/mol. The number of carbonyl (C=O) groups excluding carboxylic acids is 2. The Morgan fingerprint density at radius 2 is 1.81 bits per heavy atom. The molecule has 1 fully saturated rings. The van der Waals surface area contributed by atoms with Crippen molar-refractivity contribution in [3.8, 4) is 5.75 Å². The van der Waals surface area contributed by atoms with Gasteiger partial charge >= 0.3 is 0 Å². The molecule has 1 saturated heterocycles. The molecule has 2 aromatic rings. The predicted octanol–water partition coefficient (Wildman–Crippen LogP) is 3.91. The summed E-state index contributed by atoms with van der Waals surface area (Å²) in [4.78, 5) is 31.1. The number of piperidine rings is 1. The van der Waals surface area contributed by atoms with E-state index >= 15 is 0 Å². The second-order valence-electron chi connectivity index (χ2n) is 8.06.